The van der Waals surface area contributed by atoms with Gasteiger partial charge in [-0.1, -0.05) is 48.4 Å². The first-order valence-corrected chi connectivity index (χ1v) is 20.7. The zero-order chi connectivity index (χ0) is 39.4. The highest BCUT2D eigenvalue weighted by Gasteiger charge is 2.25. The molecule has 5 aromatic carbocycles. The minimum absolute atomic E-state index is 0.548. The quantitative estimate of drug-likeness (QED) is 0.180. The molecule has 0 fully saturated rings. The van der Waals surface area contributed by atoms with Crippen LogP contribution in [-0.4, -0.2) is 19.1 Å². The Hall–Kier alpha value is -6.52. The summed E-state index contributed by atoms with van der Waals surface area (Å²) in [5, 5.41) is 5.15. The third kappa shape index (κ3) is 5.27. The van der Waals surface area contributed by atoms with E-state index in [1.165, 1.54) is 116 Å². The molecule has 0 radical (unpaired) electrons. The largest absolute Gasteiger partial charge is 0.308 e. The molecule has 4 aromatic heterocycles. The molecule has 0 N–H and O–H groups in total. The van der Waals surface area contributed by atoms with Gasteiger partial charge in [-0.15, -0.1) is 0 Å². The molecule has 9 aromatic rings. The lowest BCUT2D eigenvalue weighted by atomic mass is 9.82. The van der Waals surface area contributed by atoms with Gasteiger partial charge in [0.25, 0.3) is 0 Å². The van der Waals surface area contributed by atoms with Crippen LogP contribution in [0.25, 0.3) is 82.8 Å². The topological polar surface area (TPSA) is 35.6 Å². The van der Waals surface area contributed by atoms with Crippen molar-refractivity contribution in [3.63, 3.8) is 0 Å². The van der Waals surface area contributed by atoms with Crippen molar-refractivity contribution in [1.82, 2.24) is 19.1 Å². The average molecular weight is 751 g/mol. The predicted molar refractivity (Wildman–Crippen MR) is 243 cm³/mol. The van der Waals surface area contributed by atoms with Crippen LogP contribution in [0.3, 0.4) is 0 Å². The van der Waals surface area contributed by atoms with E-state index in [0.717, 1.165) is 30.6 Å². The van der Waals surface area contributed by atoms with E-state index in [9.17, 15) is 0 Å². The Labute approximate surface area is 339 Å². The van der Waals surface area contributed by atoms with Gasteiger partial charge in [0.1, 0.15) is 0 Å². The lowest BCUT2D eigenvalue weighted by Crippen LogP contribution is -2.05. The molecular formula is C54H46N4. The Bertz CT molecular complexity index is 3220. The monoisotopic (exact) mass is 750 g/mol. The number of pyridine rings is 2. The van der Waals surface area contributed by atoms with Gasteiger partial charge in [-0.2, -0.15) is 0 Å². The summed E-state index contributed by atoms with van der Waals surface area (Å²) in [7, 11) is 0. The first kappa shape index (κ1) is 34.7. The molecule has 1 atom stereocenters. The summed E-state index contributed by atoms with van der Waals surface area (Å²) < 4.78 is 4.83. The van der Waals surface area contributed by atoms with Gasteiger partial charge < -0.3 is 9.13 Å². The molecule has 0 saturated carbocycles. The molecule has 4 nitrogen and oxygen atoms in total. The Morgan fingerprint density at radius 3 is 1.57 bits per heavy atom. The van der Waals surface area contributed by atoms with Crippen molar-refractivity contribution in [3.05, 3.63) is 172 Å². The van der Waals surface area contributed by atoms with Crippen LogP contribution < -0.4 is 0 Å². The molecule has 0 saturated heterocycles. The molecule has 58 heavy (non-hydrogen) atoms. The molecule has 0 aliphatic heterocycles. The van der Waals surface area contributed by atoms with Gasteiger partial charge in [-0.25, -0.2) is 0 Å². The van der Waals surface area contributed by atoms with E-state index >= 15 is 0 Å². The van der Waals surface area contributed by atoms with E-state index in [-0.39, 0.29) is 0 Å². The second kappa shape index (κ2) is 13.0. The zero-order valence-electron chi connectivity index (χ0n) is 34.1. The summed E-state index contributed by atoms with van der Waals surface area (Å²) in [6.45, 7) is 13.6. The van der Waals surface area contributed by atoms with Crippen LogP contribution in [0.2, 0.25) is 0 Å². The fraction of sp³-hybridized carbons (Fsp3) is 0.185. The van der Waals surface area contributed by atoms with Crippen LogP contribution in [0.1, 0.15) is 60.6 Å². The smallest absolute Gasteiger partial charge is 0.0645 e. The Morgan fingerprint density at radius 2 is 1.05 bits per heavy atom. The number of benzene rings is 5. The van der Waals surface area contributed by atoms with E-state index in [1.54, 1.807) is 0 Å². The molecular weight excluding hydrogens is 705 g/mol. The van der Waals surface area contributed by atoms with Crippen molar-refractivity contribution in [2.24, 2.45) is 5.92 Å². The standard InChI is InChI=1S/C54H46N4/c1-31-19-41(20-32(2)35(31)5)37-13-15-51-47(23-37)49-25-39-11-12-40-26-50-48-24-38(42-21-33(3)36(6)34(4)22-42)14-16-52(48)58(44-10-8-18-56-30-44)54(50)28-46(40)45(39)27-53(49)57(51)43-9-7-17-55-29-43/h7-10,13-21,23-30,34H,11-12,22H2,1-6H3. The Balaban J connectivity index is 1.14. The van der Waals surface area contributed by atoms with Crippen LogP contribution in [0.5, 0.6) is 0 Å². The number of nitrogens with zero attached hydrogens (tertiary/aromatic N) is 4. The molecule has 1 unspecified atom stereocenters. The van der Waals surface area contributed by atoms with Crippen LogP contribution in [0.4, 0.5) is 0 Å². The molecule has 0 spiro atoms. The Morgan fingerprint density at radius 1 is 0.534 bits per heavy atom. The first-order chi connectivity index (χ1) is 28.2. The van der Waals surface area contributed by atoms with Gasteiger partial charge in [0.2, 0.25) is 0 Å². The number of hydrogen-bond acceptors (Lipinski definition) is 2. The van der Waals surface area contributed by atoms with E-state index in [2.05, 4.69) is 152 Å². The average Bonchev–Trinajstić information content (AvgIpc) is 3.74. The summed E-state index contributed by atoms with van der Waals surface area (Å²) in [5.74, 6) is 0.548. The predicted octanol–water partition coefficient (Wildman–Crippen LogP) is 13.8. The highest BCUT2D eigenvalue weighted by Crippen LogP contribution is 2.45. The number of aryl methyl sites for hydroxylation is 4. The minimum atomic E-state index is 0.548. The summed E-state index contributed by atoms with van der Waals surface area (Å²) >= 11 is 0. The second-order valence-electron chi connectivity index (χ2n) is 17.0. The van der Waals surface area contributed by atoms with Gasteiger partial charge in [-0.05, 0) is 194 Å². The minimum Gasteiger partial charge on any atom is -0.308 e. The zero-order valence-corrected chi connectivity index (χ0v) is 34.1. The highest BCUT2D eigenvalue weighted by atomic mass is 15.0. The van der Waals surface area contributed by atoms with Gasteiger partial charge in [0, 0.05) is 33.9 Å². The van der Waals surface area contributed by atoms with Gasteiger partial charge >= 0.3 is 0 Å². The molecule has 2 aliphatic rings. The lowest BCUT2D eigenvalue weighted by molar-refractivity contribution is 0.689. The van der Waals surface area contributed by atoms with Crippen molar-refractivity contribution in [3.8, 4) is 33.6 Å². The summed E-state index contributed by atoms with van der Waals surface area (Å²) in [6, 6.07) is 37.1. The summed E-state index contributed by atoms with van der Waals surface area (Å²) in [6.07, 6.45) is 13.2. The third-order valence-corrected chi connectivity index (χ3v) is 13.7. The Kier molecular flexibility index (Phi) is 7.78. The number of fused-ring (bicyclic) bond motifs is 9. The molecule has 282 valence electrons. The van der Waals surface area contributed by atoms with E-state index in [4.69, 9.17) is 0 Å². The van der Waals surface area contributed by atoms with Crippen molar-refractivity contribution < 1.29 is 0 Å². The van der Waals surface area contributed by atoms with E-state index < -0.39 is 0 Å². The van der Waals surface area contributed by atoms with Crippen LogP contribution in [-0.2, 0) is 12.8 Å². The molecule has 2 aliphatic carbocycles. The normalized spacial score (nSPS) is 15.4. The third-order valence-electron chi connectivity index (χ3n) is 13.7. The lowest BCUT2D eigenvalue weighted by Gasteiger charge is -2.22. The number of rotatable bonds is 4. The molecule has 11 rings (SSSR count). The van der Waals surface area contributed by atoms with Crippen molar-refractivity contribution in [2.75, 3.05) is 0 Å². The second-order valence-corrected chi connectivity index (χ2v) is 17.0. The highest BCUT2D eigenvalue weighted by molar-refractivity contribution is 6.14. The molecule has 4 heterocycles. The maximum Gasteiger partial charge on any atom is 0.0645 e. The number of hydrogen-bond donors (Lipinski definition) is 0. The van der Waals surface area contributed by atoms with Crippen molar-refractivity contribution in [1.29, 1.82) is 0 Å². The number of aromatic nitrogens is 4. The first-order valence-electron chi connectivity index (χ1n) is 20.7. The fourth-order valence-electron chi connectivity index (χ4n) is 10.0. The van der Waals surface area contributed by atoms with Crippen LogP contribution in [0, 0.1) is 26.7 Å². The fourth-order valence-corrected chi connectivity index (χ4v) is 10.0. The van der Waals surface area contributed by atoms with Gasteiger partial charge in [0.05, 0.1) is 45.8 Å². The molecule has 0 amide bonds. The van der Waals surface area contributed by atoms with Gasteiger partial charge in [0.15, 0.2) is 0 Å². The van der Waals surface area contributed by atoms with Crippen molar-refractivity contribution in [2.45, 2.75) is 60.8 Å². The summed E-state index contributed by atoms with van der Waals surface area (Å²) in [4.78, 5) is 9.16. The maximum absolute atomic E-state index is 4.58. The van der Waals surface area contributed by atoms with E-state index in [0.29, 0.717) is 5.92 Å². The maximum atomic E-state index is 4.58. The molecule has 4 heteroatoms. The van der Waals surface area contributed by atoms with Crippen molar-refractivity contribution >= 4 is 49.2 Å². The van der Waals surface area contributed by atoms with Crippen LogP contribution in [0.15, 0.2) is 139 Å². The SMILES string of the molecule is CC1=C(C)C(C)CC(c2ccc3c(c2)c2cc4c(cc2n3-c2cccnc2)-c2cc3c(cc2CC4)c2cc(-c4cc(C)c(C)c(C)c4)ccc2n3-c2cccnc2)=C1. The van der Waals surface area contributed by atoms with Crippen LogP contribution >= 0.6 is 0 Å². The number of allylic oxidation sites excluding steroid dienone is 4. The summed E-state index contributed by atoms with van der Waals surface area (Å²) in [5.41, 5.74) is 24.6. The molecule has 0 bridgehead atoms. The van der Waals surface area contributed by atoms with E-state index in [1.807, 2.05) is 36.9 Å². The van der Waals surface area contributed by atoms with Gasteiger partial charge in [-0.3, -0.25) is 9.97 Å².